The van der Waals surface area contributed by atoms with Gasteiger partial charge in [0.25, 0.3) is 0 Å². The largest absolute Gasteiger partial charge is 0.411 e. The highest BCUT2D eigenvalue weighted by molar-refractivity contribution is 5.55. The Kier molecular flexibility index (Phi) is 5.83. The fourth-order valence-electron chi connectivity index (χ4n) is 0.720. The molecule has 0 heterocycles. The Morgan fingerprint density at radius 2 is 2.30 bits per heavy atom. The molecule has 0 aliphatic carbocycles. The van der Waals surface area contributed by atoms with Crippen LogP contribution in [-0.4, -0.2) is 11.4 Å². The average molecular weight is 141 g/mol. The molecule has 0 aliphatic rings. The van der Waals surface area contributed by atoms with Gasteiger partial charge < -0.3 is 5.21 Å². The minimum atomic E-state index is 0.865. The van der Waals surface area contributed by atoms with Gasteiger partial charge in [0.2, 0.25) is 0 Å². The van der Waals surface area contributed by atoms with Crippen molar-refractivity contribution in [3.63, 3.8) is 0 Å². The molecule has 0 aromatic rings. The molecule has 0 rings (SSSR count). The summed E-state index contributed by atoms with van der Waals surface area (Å²) in [5, 5.41) is 10.9. The Balaban J connectivity index is 2.98. The molecule has 0 amide bonds. The van der Waals surface area contributed by atoms with Crippen molar-refractivity contribution in [2.75, 3.05) is 0 Å². The van der Waals surface area contributed by atoms with Crippen LogP contribution in [0.5, 0.6) is 0 Å². The molecule has 0 spiro atoms. The number of unbranched alkanes of at least 4 members (excludes halogenated alkanes) is 2. The molecule has 0 saturated heterocycles. The first-order valence-electron chi connectivity index (χ1n) is 3.57. The second-order valence-corrected chi connectivity index (χ2v) is 2.50. The Morgan fingerprint density at radius 1 is 1.60 bits per heavy atom. The summed E-state index contributed by atoms with van der Waals surface area (Å²) in [4.78, 5) is 0. The number of hydrogen-bond donors (Lipinski definition) is 1. The van der Waals surface area contributed by atoms with Gasteiger partial charge in [-0.1, -0.05) is 5.57 Å². The second-order valence-electron chi connectivity index (χ2n) is 2.50. The van der Waals surface area contributed by atoms with Crippen molar-refractivity contribution in [2.45, 2.75) is 32.6 Å². The van der Waals surface area contributed by atoms with Crippen LogP contribution in [0.15, 0.2) is 17.3 Å². The summed E-state index contributed by atoms with van der Waals surface area (Å²) in [5.74, 6) is 0. The third-order valence-electron chi connectivity index (χ3n) is 1.27. The van der Waals surface area contributed by atoms with E-state index in [9.17, 15) is 0 Å². The lowest BCUT2D eigenvalue weighted by Crippen LogP contribution is -1.79. The molecule has 0 unspecified atom stereocenters. The molecule has 0 aromatic carbocycles. The van der Waals surface area contributed by atoms with Crippen molar-refractivity contribution in [1.82, 2.24) is 0 Å². The lowest BCUT2D eigenvalue weighted by atomic mass is 10.1. The molecule has 0 aliphatic heterocycles. The van der Waals surface area contributed by atoms with Gasteiger partial charge in [-0.25, -0.2) is 0 Å². The van der Waals surface area contributed by atoms with E-state index in [0.717, 1.165) is 25.7 Å². The molecule has 0 fully saturated rings. The third-order valence-corrected chi connectivity index (χ3v) is 1.27. The van der Waals surface area contributed by atoms with Crippen LogP contribution in [0.1, 0.15) is 32.6 Å². The normalized spacial score (nSPS) is 10.5. The second kappa shape index (κ2) is 6.33. The zero-order valence-electron chi connectivity index (χ0n) is 6.51. The summed E-state index contributed by atoms with van der Waals surface area (Å²) in [6, 6.07) is 0. The summed E-state index contributed by atoms with van der Waals surface area (Å²) < 4.78 is 0. The van der Waals surface area contributed by atoms with E-state index in [4.69, 9.17) is 5.21 Å². The maximum atomic E-state index is 8.03. The van der Waals surface area contributed by atoms with Gasteiger partial charge in [-0.05, 0) is 32.6 Å². The number of hydrogen-bond acceptors (Lipinski definition) is 2. The lowest BCUT2D eigenvalue weighted by Gasteiger charge is -1.95. The Bertz CT molecular complexity index is 118. The first-order valence-corrected chi connectivity index (χ1v) is 3.57. The van der Waals surface area contributed by atoms with E-state index in [-0.39, 0.29) is 0 Å². The van der Waals surface area contributed by atoms with E-state index in [1.165, 1.54) is 11.8 Å². The van der Waals surface area contributed by atoms with E-state index in [2.05, 4.69) is 11.7 Å². The van der Waals surface area contributed by atoms with Crippen LogP contribution in [0.4, 0.5) is 0 Å². The van der Waals surface area contributed by atoms with E-state index in [1.807, 2.05) is 6.92 Å². The maximum absolute atomic E-state index is 8.03. The van der Waals surface area contributed by atoms with Crippen molar-refractivity contribution in [3.05, 3.63) is 12.2 Å². The highest BCUT2D eigenvalue weighted by atomic mass is 16.4. The number of oxime groups is 1. The quantitative estimate of drug-likeness (QED) is 0.206. The average Bonchev–Trinajstić information content (AvgIpc) is 1.87. The summed E-state index contributed by atoms with van der Waals surface area (Å²) in [5.41, 5.74) is 1.22. The van der Waals surface area contributed by atoms with Crippen molar-refractivity contribution in [1.29, 1.82) is 0 Å². The minimum Gasteiger partial charge on any atom is -0.411 e. The molecule has 0 bridgehead atoms. The molecule has 0 saturated carbocycles. The minimum absolute atomic E-state index is 0.865. The lowest BCUT2D eigenvalue weighted by molar-refractivity contribution is 0.320. The van der Waals surface area contributed by atoms with Crippen LogP contribution >= 0.6 is 0 Å². The fraction of sp³-hybridized carbons (Fsp3) is 0.625. The molecule has 58 valence electrons. The van der Waals surface area contributed by atoms with Crippen LogP contribution in [0.2, 0.25) is 0 Å². The predicted octanol–water partition coefficient (Wildman–Crippen LogP) is 2.58. The standard InChI is InChI=1S/C8H15NO/c1-8(2)6-4-3-5-7-9-10/h7,10H,1,3-6H2,2H3/b9-7+. The first-order chi connectivity index (χ1) is 4.77. The predicted molar refractivity (Wildman–Crippen MR) is 43.6 cm³/mol. The van der Waals surface area contributed by atoms with Crippen molar-refractivity contribution in [2.24, 2.45) is 5.16 Å². The van der Waals surface area contributed by atoms with Crippen LogP contribution in [0, 0.1) is 0 Å². The van der Waals surface area contributed by atoms with Crippen LogP contribution in [0.25, 0.3) is 0 Å². The third kappa shape index (κ3) is 7.21. The molecular formula is C8H15NO. The Morgan fingerprint density at radius 3 is 2.80 bits per heavy atom. The van der Waals surface area contributed by atoms with E-state index in [1.54, 1.807) is 0 Å². The number of nitrogens with zero attached hydrogens (tertiary/aromatic N) is 1. The van der Waals surface area contributed by atoms with Crippen LogP contribution in [0.3, 0.4) is 0 Å². The topological polar surface area (TPSA) is 32.6 Å². The molecule has 0 atom stereocenters. The fourth-order valence-corrected chi connectivity index (χ4v) is 0.720. The molecule has 10 heavy (non-hydrogen) atoms. The van der Waals surface area contributed by atoms with E-state index >= 15 is 0 Å². The highest BCUT2D eigenvalue weighted by Gasteiger charge is 1.86. The Hall–Kier alpha value is -0.790. The molecule has 0 radical (unpaired) electrons. The number of allylic oxidation sites excluding steroid dienone is 1. The SMILES string of the molecule is C=C(C)CCCC/C=N/O. The van der Waals surface area contributed by atoms with Crippen LogP contribution in [-0.2, 0) is 0 Å². The monoisotopic (exact) mass is 141 g/mol. The zero-order valence-corrected chi connectivity index (χ0v) is 6.51. The molecule has 0 aromatic heterocycles. The molecule has 2 heteroatoms. The van der Waals surface area contributed by atoms with Crippen molar-refractivity contribution < 1.29 is 5.21 Å². The van der Waals surface area contributed by atoms with Crippen molar-refractivity contribution in [3.8, 4) is 0 Å². The summed E-state index contributed by atoms with van der Waals surface area (Å²) in [6.45, 7) is 5.82. The van der Waals surface area contributed by atoms with Gasteiger partial charge in [0.1, 0.15) is 0 Å². The Labute approximate surface area is 62.2 Å². The molecular weight excluding hydrogens is 126 g/mol. The summed E-state index contributed by atoms with van der Waals surface area (Å²) >= 11 is 0. The molecule has 1 N–H and O–H groups in total. The van der Waals surface area contributed by atoms with Gasteiger partial charge in [-0.2, -0.15) is 0 Å². The van der Waals surface area contributed by atoms with Gasteiger partial charge in [0, 0.05) is 6.21 Å². The van der Waals surface area contributed by atoms with Crippen molar-refractivity contribution >= 4 is 6.21 Å². The van der Waals surface area contributed by atoms with E-state index in [0.29, 0.717) is 0 Å². The molecule has 2 nitrogen and oxygen atoms in total. The van der Waals surface area contributed by atoms with E-state index < -0.39 is 0 Å². The summed E-state index contributed by atoms with van der Waals surface area (Å²) in [7, 11) is 0. The van der Waals surface area contributed by atoms with Gasteiger partial charge in [0.05, 0.1) is 0 Å². The van der Waals surface area contributed by atoms with Gasteiger partial charge >= 0.3 is 0 Å². The summed E-state index contributed by atoms with van der Waals surface area (Å²) in [6.07, 6.45) is 5.69. The first kappa shape index (κ1) is 9.21. The van der Waals surface area contributed by atoms with Gasteiger partial charge in [-0.15, -0.1) is 11.7 Å². The highest BCUT2D eigenvalue weighted by Crippen LogP contribution is 2.04. The maximum Gasteiger partial charge on any atom is 0.0435 e. The van der Waals surface area contributed by atoms with Gasteiger partial charge in [0.15, 0.2) is 0 Å². The van der Waals surface area contributed by atoms with Gasteiger partial charge in [-0.3, -0.25) is 0 Å². The number of rotatable bonds is 5. The zero-order chi connectivity index (χ0) is 7.82. The van der Waals surface area contributed by atoms with Crippen LogP contribution < -0.4 is 0 Å². The smallest absolute Gasteiger partial charge is 0.0435 e.